The fourth-order valence-electron chi connectivity index (χ4n) is 6.01. The molecule has 2 aromatic rings. The predicted octanol–water partition coefficient (Wildman–Crippen LogP) is 2.08. The molecule has 1 spiro atoms. The Morgan fingerprint density at radius 2 is 1.68 bits per heavy atom. The molecule has 3 amide bonds. The first-order valence-electron chi connectivity index (χ1n) is 14.6. The van der Waals surface area contributed by atoms with Gasteiger partial charge in [-0.1, -0.05) is 0 Å². The summed E-state index contributed by atoms with van der Waals surface area (Å²) in [5.74, 6) is -0.621. The zero-order valence-corrected chi connectivity index (χ0v) is 23.9. The molecule has 0 bridgehead atoms. The van der Waals surface area contributed by atoms with Crippen molar-refractivity contribution in [3.8, 4) is 0 Å². The average molecular weight is 566 g/mol. The van der Waals surface area contributed by atoms with E-state index in [0.29, 0.717) is 82.1 Å². The van der Waals surface area contributed by atoms with Crippen molar-refractivity contribution in [1.82, 2.24) is 24.9 Å². The first-order chi connectivity index (χ1) is 19.8. The van der Waals surface area contributed by atoms with Crippen LogP contribution >= 0.6 is 0 Å². The molecule has 3 aliphatic heterocycles. The summed E-state index contributed by atoms with van der Waals surface area (Å²) in [6, 6.07) is 6.49. The van der Waals surface area contributed by atoms with Gasteiger partial charge in [-0.3, -0.25) is 19.1 Å². The molecule has 0 aliphatic carbocycles. The van der Waals surface area contributed by atoms with Gasteiger partial charge in [0, 0.05) is 70.5 Å². The average Bonchev–Trinajstić information content (AvgIpc) is 3.27. The third-order valence-electron chi connectivity index (χ3n) is 8.55. The normalized spacial score (nSPS) is 18.4. The topological polar surface area (TPSA) is 123 Å². The van der Waals surface area contributed by atoms with Crippen LogP contribution in [-0.4, -0.2) is 95.8 Å². The standard InChI is InChI=1S/C30H39N5O6/c1-3-35-26-24(19-30(20-31-27(26)37)10-17-40-18-11-30)25(32-35)5-4-16-41-29(39)23-8-6-22(7-9-23)28(38)34-14-12-33(13-15-34)21(2)36/h6-9H,3-5,10-20H2,1-2H3,(H,31,37). The lowest BCUT2D eigenvalue weighted by atomic mass is 9.75. The number of amides is 3. The zero-order chi connectivity index (χ0) is 29.0. The number of rotatable bonds is 7. The molecule has 1 N–H and O–H groups in total. The molecule has 2 saturated heterocycles. The Bertz CT molecular complexity index is 1290. The Kier molecular flexibility index (Phi) is 8.72. The molecular weight excluding hydrogens is 526 g/mol. The summed E-state index contributed by atoms with van der Waals surface area (Å²) in [6.45, 7) is 8.41. The van der Waals surface area contributed by atoms with Gasteiger partial charge in [0.1, 0.15) is 5.69 Å². The second kappa shape index (κ2) is 12.4. The maximum Gasteiger partial charge on any atom is 0.338 e. The number of aromatic nitrogens is 2. The van der Waals surface area contributed by atoms with E-state index in [-0.39, 0.29) is 29.7 Å². The van der Waals surface area contributed by atoms with Crippen molar-refractivity contribution < 1.29 is 28.7 Å². The molecule has 1 aromatic carbocycles. The second-order valence-electron chi connectivity index (χ2n) is 11.2. The van der Waals surface area contributed by atoms with Gasteiger partial charge in [-0.2, -0.15) is 5.10 Å². The molecule has 11 heteroatoms. The van der Waals surface area contributed by atoms with Crippen molar-refractivity contribution in [2.75, 3.05) is 52.5 Å². The van der Waals surface area contributed by atoms with Crippen molar-refractivity contribution in [3.63, 3.8) is 0 Å². The number of aryl methyl sites for hydroxylation is 2. The molecule has 2 fully saturated rings. The number of benzene rings is 1. The molecule has 0 radical (unpaired) electrons. The lowest BCUT2D eigenvalue weighted by Gasteiger charge is -2.36. The number of piperazine rings is 1. The maximum absolute atomic E-state index is 13.0. The number of carbonyl (C=O) groups is 4. The van der Waals surface area contributed by atoms with E-state index in [4.69, 9.17) is 14.6 Å². The second-order valence-corrected chi connectivity index (χ2v) is 11.2. The number of hydrogen-bond donors (Lipinski definition) is 1. The Morgan fingerprint density at radius 1 is 1.02 bits per heavy atom. The van der Waals surface area contributed by atoms with Crippen molar-refractivity contribution in [2.24, 2.45) is 5.41 Å². The Labute approximate surface area is 240 Å². The van der Waals surface area contributed by atoms with Crippen LogP contribution in [0.5, 0.6) is 0 Å². The van der Waals surface area contributed by atoms with Crippen LogP contribution in [0.1, 0.15) is 75.6 Å². The minimum absolute atomic E-state index is 0.0150. The van der Waals surface area contributed by atoms with E-state index >= 15 is 0 Å². The van der Waals surface area contributed by atoms with E-state index in [1.807, 2.05) is 6.92 Å². The highest BCUT2D eigenvalue weighted by Gasteiger charge is 2.39. The summed E-state index contributed by atoms with van der Waals surface area (Å²) >= 11 is 0. The van der Waals surface area contributed by atoms with Gasteiger partial charge in [0.05, 0.1) is 17.9 Å². The van der Waals surface area contributed by atoms with Crippen LogP contribution in [0.25, 0.3) is 0 Å². The van der Waals surface area contributed by atoms with Crippen molar-refractivity contribution in [2.45, 2.75) is 52.5 Å². The third-order valence-corrected chi connectivity index (χ3v) is 8.55. The van der Waals surface area contributed by atoms with Crippen molar-refractivity contribution in [3.05, 3.63) is 52.3 Å². The van der Waals surface area contributed by atoms with Crippen molar-refractivity contribution in [1.29, 1.82) is 0 Å². The highest BCUT2D eigenvalue weighted by Crippen LogP contribution is 2.37. The lowest BCUT2D eigenvalue weighted by Crippen LogP contribution is -2.50. The van der Waals surface area contributed by atoms with Gasteiger partial charge in [0.15, 0.2) is 0 Å². The van der Waals surface area contributed by atoms with Gasteiger partial charge >= 0.3 is 5.97 Å². The summed E-state index contributed by atoms with van der Waals surface area (Å²) in [5.41, 5.74) is 3.42. The molecule has 1 aromatic heterocycles. The maximum atomic E-state index is 13.0. The molecule has 11 nitrogen and oxygen atoms in total. The van der Waals surface area contributed by atoms with Crippen LogP contribution in [0, 0.1) is 5.41 Å². The Morgan fingerprint density at radius 3 is 2.34 bits per heavy atom. The first kappa shape index (κ1) is 28.8. The monoisotopic (exact) mass is 565 g/mol. The van der Waals surface area contributed by atoms with Crippen LogP contribution in [0.2, 0.25) is 0 Å². The smallest absolute Gasteiger partial charge is 0.338 e. The third kappa shape index (κ3) is 6.29. The van der Waals surface area contributed by atoms with Gasteiger partial charge in [-0.15, -0.1) is 0 Å². The summed E-state index contributed by atoms with van der Waals surface area (Å²) in [6.07, 6.45) is 3.78. The zero-order valence-electron chi connectivity index (χ0n) is 23.9. The van der Waals surface area contributed by atoms with E-state index in [1.54, 1.807) is 38.7 Å². The minimum Gasteiger partial charge on any atom is -0.462 e. The SMILES string of the molecule is CCn1nc(CCCOC(=O)c2ccc(C(=O)N3CCN(C(C)=O)CC3)cc2)c2c1C(=O)NCC1(CCOCC1)C2. The molecule has 220 valence electrons. The van der Waals surface area contributed by atoms with Crippen LogP contribution in [0.15, 0.2) is 24.3 Å². The van der Waals surface area contributed by atoms with E-state index in [1.165, 1.54) is 6.92 Å². The number of esters is 1. The molecule has 5 rings (SSSR count). The van der Waals surface area contributed by atoms with Gasteiger partial charge < -0.3 is 24.6 Å². The van der Waals surface area contributed by atoms with E-state index < -0.39 is 5.97 Å². The Hall–Kier alpha value is -3.73. The quantitative estimate of drug-likeness (QED) is 0.403. The number of fused-ring (bicyclic) bond motifs is 1. The lowest BCUT2D eigenvalue weighted by molar-refractivity contribution is -0.130. The molecular formula is C30H39N5O6. The van der Waals surface area contributed by atoms with Crippen LogP contribution in [0.3, 0.4) is 0 Å². The number of nitrogens with zero attached hydrogens (tertiary/aromatic N) is 4. The number of ether oxygens (including phenoxy) is 2. The number of hydrogen-bond acceptors (Lipinski definition) is 7. The van der Waals surface area contributed by atoms with E-state index in [9.17, 15) is 19.2 Å². The van der Waals surface area contributed by atoms with Gasteiger partial charge in [0.25, 0.3) is 11.8 Å². The van der Waals surface area contributed by atoms with Crippen LogP contribution in [-0.2, 0) is 33.7 Å². The fraction of sp³-hybridized carbons (Fsp3) is 0.567. The van der Waals surface area contributed by atoms with E-state index in [2.05, 4.69) is 5.32 Å². The van der Waals surface area contributed by atoms with Gasteiger partial charge in [-0.05, 0) is 68.7 Å². The summed E-state index contributed by atoms with van der Waals surface area (Å²) < 4.78 is 12.9. The minimum atomic E-state index is -0.447. The highest BCUT2D eigenvalue weighted by molar-refractivity contribution is 5.96. The van der Waals surface area contributed by atoms with Crippen LogP contribution in [0.4, 0.5) is 0 Å². The van der Waals surface area contributed by atoms with Gasteiger partial charge in [-0.25, -0.2) is 4.79 Å². The van der Waals surface area contributed by atoms with E-state index in [0.717, 1.165) is 30.5 Å². The summed E-state index contributed by atoms with van der Waals surface area (Å²) in [7, 11) is 0. The molecule has 41 heavy (non-hydrogen) atoms. The largest absolute Gasteiger partial charge is 0.462 e. The summed E-state index contributed by atoms with van der Waals surface area (Å²) in [5, 5.41) is 7.88. The predicted molar refractivity (Wildman–Crippen MR) is 150 cm³/mol. The molecule has 0 saturated carbocycles. The van der Waals surface area contributed by atoms with Crippen molar-refractivity contribution >= 4 is 23.7 Å². The number of nitrogens with one attached hydrogen (secondary N) is 1. The fourth-order valence-corrected chi connectivity index (χ4v) is 6.01. The van der Waals surface area contributed by atoms with Gasteiger partial charge in [0.2, 0.25) is 5.91 Å². The summed E-state index contributed by atoms with van der Waals surface area (Å²) in [4.78, 5) is 53.5. The molecule has 0 atom stereocenters. The molecule has 0 unspecified atom stereocenters. The first-order valence-corrected chi connectivity index (χ1v) is 14.6. The highest BCUT2D eigenvalue weighted by atomic mass is 16.5. The Balaban J connectivity index is 1.15. The van der Waals surface area contributed by atoms with Crippen LogP contribution < -0.4 is 5.32 Å². The molecule has 4 heterocycles. The molecule has 3 aliphatic rings. The number of carbonyl (C=O) groups excluding carboxylic acids is 4.